The molecule has 3 nitrogen and oxygen atoms in total. The molecule has 2 N–H and O–H groups in total. The number of hydrogen-bond donors (Lipinski definition) is 2. The number of nitrogens with one attached hydrogen (secondary N) is 1. The second kappa shape index (κ2) is 7.68. The van der Waals surface area contributed by atoms with E-state index in [9.17, 15) is 5.11 Å². The Hall–Kier alpha value is -1.84. The third-order valence-corrected chi connectivity index (χ3v) is 3.25. The van der Waals surface area contributed by atoms with Crippen LogP contribution in [0.1, 0.15) is 17.2 Å². The lowest BCUT2D eigenvalue weighted by molar-refractivity contribution is 0.175. The van der Waals surface area contributed by atoms with Crippen molar-refractivity contribution in [2.75, 3.05) is 20.2 Å². The molecule has 0 spiro atoms. The molecule has 3 heteroatoms. The molecule has 0 aliphatic carbocycles. The summed E-state index contributed by atoms with van der Waals surface area (Å²) in [6.07, 6.45) is 0.458. The average Bonchev–Trinajstić information content (AvgIpc) is 2.52. The summed E-state index contributed by atoms with van der Waals surface area (Å²) in [7, 11) is 1.67. The van der Waals surface area contributed by atoms with Crippen LogP contribution in [0.15, 0.2) is 54.6 Å². The van der Waals surface area contributed by atoms with Gasteiger partial charge in [-0.1, -0.05) is 42.5 Å². The molecular weight excluding hydrogens is 250 g/mol. The van der Waals surface area contributed by atoms with Gasteiger partial charge < -0.3 is 15.2 Å². The Labute approximate surface area is 120 Å². The van der Waals surface area contributed by atoms with E-state index in [1.54, 1.807) is 7.11 Å². The molecule has 1 atom stereocenters. The number of aliphatic hydroxyl groups is 1. The number of methoxy groups -OCH3 is 1. The van der Waals surface area contributed by atoms with E-state index in [-0.39, 0.29) is 0 Å². The molecule has 0 aromatic heterocycles. The molecule has 0 saturated carbocycles. The van der Waals surface area contributed by atoms with Crippen LogP contribution in [0.4, 0.5) is 0 Å². The van der Waals surface area contributed by atoms with Crippen LogP contribution in [-0.2, 0) is 6.42 Å². The van der Waals surface area contributed by atoms with Crippen molar-refractivity contribution < 1.29 is 9.84 Å². The van der Waals surface area contributed by atoms with E-state index >= 15 is 0 Å². The molecule has 106 valence electrons. The molecule has 2 rings (SSSR count). The minimum atomic E-state index is -0.457. The highest BCUT2D eigenvalue weighted by molar-refractivity contribution is 5.28. The van der Waals surface area contributed by atoms with Gasteiger partial charge in [-0.05, 0) is 36.2 Å². The highest BCUT2D eigenvalue weighted by atomic mass is 16.5. The second-order valence-corrected chi connectivity index (χ2v) is 4.73. The molecule has 0 unspecified atom stereocenters. The van der Waals surface area contributed by atoms with E-state index in [0.29, 0.717) is 6.54 Å². The summed E-state index contributed by atoms with van der Waals surface area (Å²) in [6.45, 7) is 1.39. The van der Waals surface area contributed by atoms with Crippen molar-refractivity contribution in [1.29, 1.82) is 0 Å². The van der Waals surface area contributed by atoms with Crippen LogP contribution in [0, 0.1) is 0 Å². The highest BCUT2D eigenvalue weighted by Gasteiger charge is 2.05. The van der Waals surface area contributed by atoms with Crippen molar-refractivity contribution >= 4 is 0 Å². The Bertz CT molecular complexity index is 513. The van der Waals surface area contributed by atoms with E-state index in [2.05, 4.69) is 11.4 Å². The molecule has 0 saturated heterocycles. The zero-order valence-corrected chi connectivity index (χ0v) is 11.8. The largest absolute Gasteiger partial charge is 0.497 e. The van der Waals surface area contributed by atoms with Gasteiger partial charge in [-0.3, -0.25) is 0 Å². The SMILES string of the molecule is COc1cccc(CCNC[C@@H](O)c2ccccc2)c1. The van der Waals surface area contributed by atoms with Crippen molar-refractivity contribution in [3.63, 3.8) is 0 Å². The Morgan fingerprint density at radius 1 is 1.10 bits per heavy atom. The van der Waals surface area contributed by atoms with Crippen LogP contribution in [0.3, 0.4) is 0 Å². The van der Waals surface area contributed by atoms with Crippen molar-refractivity contribution in [3.05, 3.63) is 65.7 Å². The van der Waals surface area contributed by atoms with Gasteiger partial charge in [0, 0.05) is 6.54 Å². The van der Waals surface area contributed by atoms with Gasteiger partial charge in [0.15, 0.2) is 0 Å². The first-order valence-electron chi connectivity index (χ1n) is 6.86. The molecule has 0 amide bonds. The fraction of sp³-hybridized carbons (Fsp3) is 0.294. The number of ether oxygens (including phenoxy) is 1. The van der Waals surface area contributed by atoms with Crippen molar-refractivity contribution in [1.82, 2.24) is 5.32 Å². The monoisotopic (exact) mass is 271 g/mol. The third-order valence-electron chi connectivity index (χ3n) is 3.25. The van der Waals surface area contributed by atoms with Crippen molar-refractivity contribution in [2.24, 2.45) is 0 Å². The Kier molecular flexibility index (Phi) is 5.59. The first-order chi connectivity index (χ1) is 9.79. The smallest absolute Gasteiger partial charge is 0.119 e. The second-order valence-electron chi connectivity index (χ2n) is 4.73. The van der Waals surface area contributed by atoms with Crippen LogP contribution < -0.4 is 10.1 Å². The van der Waals surface area contributed by atoms with E-state index in [1.807, 2.05) is 48.5 Å². The maximum Gasteiger partial charge on any atom is 0.119 e. The number of benzene rings is 2. The number of aliphatic hydroxyl groups excluding tert-OH is 1. The maximum atomic E-state index is 10.0. The normalized spacial score (nSPS) is 12.1. The van der Waals surface area contributed by atoms with Gasteiger partial charge >= 0.3 is 0 Å². The molecule has 20 heavy (non-hydrogen) atoms. The van der Waals surface area contributed by atoms with Crippen molar-refractivity contribution in [2.45, 2.75) is 12.5 Å². The fourth-order valence-corrected chi connectivity index (χ4v) is 2.09. The predicted molar refractivity (Wildman–Crippen MR) is 81.0 cm³/mol. The summed E-state index contributed by atoms with van der Waals surface area (Å²) in [5.41, 5.74) is 2.17. The molecule has 2 aromatic carbocycles. The standard InChI is InChI=1S/C17H21NO2/c1-20-16-9-5-6-14(12-16)10-11-18-13-17(19)15-7-3-2-4-8-15/h2-9,12,17-19H,10-11,13H2,1H3/t17-/m1/s1. The Morgan fingerprint density at radius 2 is 1.90 bits per heavy atom. The minimum absolute atomic E-state index is 0.457. The number of rotatable bonds is 7. The third kappa shape index (κ3) is 4.37. The lowest BCUT2D eigenvalue weighted by Gasteiger charge is -2.12. The lowest BCUT2D eigenvalue weighted by atomic mass is 10.1. The van der Waals surface area contributed by atoms with Crippen LogP contribution in [-0.4, -0.2) is 25.3 Å². The predicted octanol–water partition coefficient (Wildman–Crippen LogP) is 2.56. The van der Waals surface area contributed by atoms with Gasteiger partial charge in [-0.15, -0.1) is 0 Å². The molecule has 2 aromatic rings. The van der Waals surface area contributed by atoms with Crippen LogP contribution in [0.5, 0.6) is 5.75 Å². The minimum Gasteiger partial charge on any atom is -0.497 e. The Balaban J connectivity index is 1.73. The van der Waals surface area contributed by atoms with Gasteiger partial charge in [0.05, 0.1) is 13.2 Å². The van der Waals surface area contributed by atoms with Gasteiger partial charge in [-0.25, -0.2) is 0 Å². The van der Waals surface area contributed by atoms with Gasteiger partial charge in [-0.2, -0.15) is 0 Å². The van der Waals surface area contributed by atoms with Gasteiger partial charge in [0.1, 0.15) is 5.75 Å². The topological polar surface area (TPSA) is 41.5 Å². The van der Waals surface area contributed by atoms with E-state index in [0.717, 1.165) is 24.3 Å². The zero-order chi connectivity index (χ0) is 14.2. The highest BCUT2D eigenvalue weighted by Crippen LogP contribution is 2.13. The first-order valence-corrected chi connectivity index (χ1v) is 6.86. The van der Waals surface area contributed by atoms with Crippen molar-refractivity contribution in [3.8, 4) is 5.75 Å². The first kappa shape index (κ1) is 14.6. The van der Waals surface area contributed by atoms with E-state index in [4.69, 9.17) is 4.74 Å². The number of hydrogen-bond acceptors (Lipinski definition) is 3. The molecule has 0 radical (unpaired) electrons. The van der Waals surface area contributed by atoms with Crippen LogP contribution in [0.2, 0.25) is 0 Å². The maximum absolute atomic E-state index is 10.0. The molecular formula is C17H21NO2. The summed E-state index contributed by atoms with van der Waals surface area (Å²) < 4.78 is 5.20. The molecule has 0 aliphatic heterocycles. The fourth-order valence-electron chi connectivity index (χ4n) is 2.09. The Morgan fingerprint density at radius 3 is 2.65 bits per heavy atom. The summed E-state index contributed by atoms with van der Waals surface area (Å²) >= 11 is 0. The molecule has 0 heterocycles. The average molecular weight is 271 g/mol. The zero-order valence-electron chi connectivity index (χ0n) is 11.8. The molecule has 0 aliphatic rings. The van der Waals surface area contributed by atoms with Crippen LogP contribution in [0.25, 0.3) is 0 Å². The van der Waals surface area contributed by atoms with E-state index < -0.39 is 6.10 Å². The van der Waals surface area contributed by atoms with E-state index in [1.165, 1.54) is 5.56 Å². The molecule has 0 fully saturated rings. The van der Waals surface area contributed by atoms with Gasteiger partial charge in [0.25, 0.3) is 0 Å². The summed E-state index contributed by atoms with van der Waals surface area (Å²) in [6, 6.07) is 17.8. The lowest BCUT2D eigenvalue weighted by Crippen LogP contribution is -2.23. The summed E-state index contributed by atoms with van der Waals surface area (Å²) in [4.78, 5) is 0. The summed E-state index contributed by atoms with van der Waals surface area (Å²) in [5, 5.41) is 13.3. The summed E-state index contributed by atoms with van der Waals surface area (Å²) in [5.74, 6) is 0.881. The molecule has 0 bridgehead atoms. The van der Waals surface area contributed by atoms with Gasteiger partial charge in [0.2, 0.25) is 0 Å². The van der Waals surface area contributed by atoms with Crippen LogP contribution >= 0.6 is 0 Å². The quantitative estimate of drug-likeness (QED) is 0.760.